The lowest BCUT2D eigenvalue weighted by atomic mass is 9.91. The highest BCUT2D eigenvalue weighted by Gasteiger charge is 2.42. The topological polar surface area (TPSA) is 84.7 Å². The van der Waals surface area contributed by atoms with E-state index in [1.54, 1.807) is 34.8 Å². The van der Waals surface area contributed by atoms with E-state index in [-0.39, 0.29) is 44.4 Å². The van der Waals surface area contributed by atoms with Gasteiger partial charge in [0.2, 0.25) is 0 Å². The van der Waals surface area contributed by atoms with Crippen LogP contribution in [0.1, 0.15) is 55.6 Å². The van der Waals surface area contributed by atoms with Crippen LogP contribution in [0.5, 0.6) is 0 Å². The molecule has 2 heterocycles. The number of carbonyl (C=O) groups excluding carboxylic acids is 2. The SMILES string of the molecule is CCOC(=O)C1(O)CCN(C(=O)c2cnn(-c3cccc(Cl)c3)c2C(C)C)CC1. The van der Waals surface area contributed by atoms with Gasteiger partial charge in [-0.1, -0.05) is 31.5 Å². The molecule has 1 amide bonds. The lowest BCUT2D eigenvalue weighted by Crippen LogP contribution is -2.51. The van der Waals surface area contributed by atoms with E-state index in [0.717, 1.165) is 11.4 Å². The van der Waals surface area contributed by atoms with Gasteiger partial charge in [-0.05, 0) is 31.0 Å². The summed E-state index contributed by atoms with van der Waals surface area (Å²) in [5.74, 6) is -0.728. The van der Waals surface area contributed by atoms with Gasteiger partial charge in [0, 0.05) is 31.0 Å². The number of benzene rings is 1. The molecule has 1 saturated heterocycles. The fourth-order valence-corrected chi connectivity index (χ4v) is 3.80. The summed E-state index contributed by atoms with van der Waals surface area (Å²) in [5, 5.41) is 15.5. The highest BCUT2D eigenvalue weighted by Crippen LogP contribution is 2.28. The minimum absolute atomic E-state index is 0.0525. The molecule has 1 aromatic carbocycles. The van der Waals surface area contributed by atoms with Crippen molar-refractivity contribution in [1.29, 1.82) is 0 Å². The molecule has 0 spiro atoms. The number of halogens is 1. The summed E-state index contributed by atoms with van der Waals surface area (Å²) in [6.45, 7) is 6.46. The van der Waals surface area contributed by atoms with Crippen molar-refractivity contribution >= 4 is 23.5 Å². The van der Waals surface area contributed by atoms with Crippen LogP contribution in [0.25, 0.3) is 5.69 Å². The van der Waals surface area contributed by atoms with Crippen LogP contribution in [0.4, 0.5) is 0 Å². The zero-order chi connectivity index (χ0) is 21.2. The van der Waals surface area contributed by atoms with Crippen LogP contribution in [0.3, 0.4) is 0 Å². The van der Waals surface area contributed by atoms with E-state index in [4.69, 9.17) is 16.3 Å². The normalized spacial score (nSPS) is 16.1. The Bertz CT molecular complexity index is 901. The Hall–Kier alpha value is -2.38. The highest BCUT2D eigenvalue weighted by molar-refractivity contribution is 6.30. The maximum Gasteiger partial charge on any atom is 0.338 e. The zero-order valence-corrected chi connectivity index (χ0v) is 17.6. The van der Waals surface area contributed by atoms with E-state index in [1.807, 2.05) is 26.0 Å². The van der Waals surface area contributed by atoms with Crippen LogP contribution in [0.15, 0.2) is 30.5 Å². The Morgan fingerprint density at radius 2 is 2.00 bits per heavy atom. The number of nitrogens with zero attached hydrogens (tertiary/aromatic N) is 3. The lowest BCUT2D eigenvalue weighted by molar-refractivity contribution is -0.169. The maximum absolute atomic E-state index is 13.2. The highest BCUT2D eigenvalue weighted by atomic mass is 35.5. The number of likely N-dealkylation sites (tertiary alicyclic amines) is 1. The molecule has 1 fully saturated rings. The molecule has 0 unspecified atom stereocenters. The first-order chi connectivity index (χ1) is 13.8. The van der Waals surface area contributed by atoms with E-state index < -0.39 is 11.6 Å². The van der Waals surface area contributed by atoms with Gasteiger partial charge in [-0.2, -0.15) is 5.10 Å². The number of esters is 1. The Morgan fingerprint density at radius 3 is 2.59 bits per heavy atom. The van der Waals surface area contributed by atoms with Crippen LogP contribution in [-0.2, 0) is 9.53 Å². The van der Waals surface area contributed by atoms with Crippen LogP contribution in [0.2, 0.25) is 5.02 Å². The van der Waals surface area contributed by atoms with Crippen LogP contribution < -0.4 is 0 Å². The lowest BCUT2D eigenvalue weighted by Gasteiger charge is -2.36. The molecule has 1 N–H and O–H groups in total. The van der Waals surface area contributed by atoms with E-state index in [2.05, 4.69) is 5.10 Å². The van der Waals surface area contributed by atoms with Crippen molar-refractivity contribution in [2.24, 2.45) is 0 Å². The van der Waals surface area contributed by atoms with Crippen LogP contribution in [0, 0.1) is 0 Å². The Labute approximate surface area is 175 Å². The standard InChI is InChI=1S/C21H26ClN3O4/c1-4-29-20(27)21(28)8-10-24(11-9-21)19(26)17-13-23-25(18(17)14(2)3)16-7-5-6-15(22)12-16/h5-7,12-14,28H,4,8-11H2,1-3H3. The van der Waals surface area contributed by atoms with Crippen molar-refractivity contribution < 1.29 is 19.4 Å². The van der Waals surface area contributed by atoms with E-state index in [0.29, 0.717) is 10.6 Å². The number of carbonyl (C=O) groups is 2. The van der Waals surface area contributed by atoms with E-state index in [1.165, 1.54) is 0 Å². The second-order valence-corrected chi connectivity index (χ2v) is 7.97. The molecule has 7 nitrogen and oxygen atoms in total. The summed E-state index contributed by atoms with van der Waals surface area (Å²) < 4.78 is 6.70. The average Bonchev–Trinajstić information content (AvgIpc) is 3.14. The molecule has 0 atom stereocenters. The molecule has 0 radical (unpaired) electrons. The van der Waals surface area contributed by atoms with Gasteiger partial charge in [-0.25, -0.2) is 9.48 Å². The Balaban J connectivity index is 1.83. The van der Waals surface area contributed by atoms with Gasteiger partial charge in [-0.3, -0.25) is 4.79 Å². The fourth-order valence-electron chi connectivity index (χ4n) is 3.61. The second-order valence-electron chi connectivity index (χ2n) is 7.53. The third-order valence-corrected chi connectivity index (χ3v) is 5.40. The molecule has 0 saturated carbocycles. The summed E-state index contributed by atoms with van der Waals surface area (Å²) in [6.07, 6.45) is 1.87. The van der Waals surface area contributed by atoms with Gasteiger partial charge in [0.1, 0.15) is 0 Å². The van der Waals surface area contributed by atoms with Crippen molar-refractivity contribution in [1.82, 2.24) is 14.7 Å². The molecule has 156 valence electrons. The number of hydrogen-bond donors (Lipinski definition) is 1. The molecule has 3 rings (SSSR count). The van der Waals surface area contributed by atoms with Gasteiger partial charge < -0.3 is 14.7 Å². The number of amides is 1. The van der Waals surface area contributed by atoms with Gasteiger partial charge in [0.05, 0.1) is 29.7 Å². The van der Waals surface area contributed by atoms with Gasteiger partial charge in [-0.15, -0.1) is 0 Å². The second kappa shape index (κ2) is 8.55. The molecule has 1 aliphatic rings. The summed E-state index contributed by atoms with van der Waals surface area (Å²) in [7, 11) is 0. The maximum atomic E-state index is 13.2. The number of aromatic nitrogens is 2. The molecular formula is C21H26ClN3O4. The first-order valence-corrected chi connectivity index (χ1v) is 10.2. The smallest absolute Gasteiger partial charge is 0.338 e. The Morgan fingerprint density at radius 1 is 1.31 bits per heavy atom. The minimum atomic E-state index is -1.53. The molecular weight excluding hydrogens is 394 g/mol. The van der Waals surface area contributed by atoms with Crippen LogP contribution >= 0.6 is 11.6 Å². The number of rotatable bonds is 5. The third kappa shape index (κ3) is 4.31. The fraction of sp³-hybridized carbons (Fsp3) is 0.476. The minimum Gasteiger partial charge on any atom is -0.464 e. The summed E-state index contributed by atoms with van der Waals surface area (Å²) in [4.78, 5) is 26.8. The number of ether oxygens (including phenoxy) is 1. The first-order valence-electron chi connectivity index (χ1n) is 9.79. The molecule has 1 aliphatic heterocycles. The Kier molecular flexibility index (Phi) is 6.29. The molecule has 1 aromatic heterocycles. The van der Waals surface area contributed by atoms with Crippen LogP contribution in [-0.4, -0.2) is 57.0 Å². The number of hydrogen-bond acceptors (Lipinski definition) is 5. The summed E-state index contributed by atoms with van der Waals surface area (Å²) in [5.41, 5.74) is 0.569. The number of aliphatic hydroxyl groups is 1. The van der Waals surface area contributed by atoms with Crippen molar-refractivity contribution in [3.05, 3.63) is 46.7 Å². The zero-order valence-electron chi connectivity index (χ0n) is 16.9. The largest absolute Gasteiger partial charge is 0.464 e. The van der Waals surface area contributed by atoms with Crippen molar-refractivity contribution in [2.45, 2.75) is 45.1 Å². The molecule has 2 aromatic rings. The van der Waals surface area contributed by atoms with E-state index in [9.17, 15) is 14.7 Å². The molecule has 29 heavy (non-hydrogen) atoms. The van der Waals surface area contributed by atoms with Gasteiger partial charge in [0.15, 0.2) is 5.60 Å². The predicted molar refractivity (Wildman–Crippen MR) is 109 cm³/mol. The first kappa shape index (κ1) is 21.3. The summed E-state index contributed by atoms with van der Waals surface area (Å²) in [6, 6.07) is 7.31. The number of piperidine rings is 1. The molecule has 8 heteroatoms. The third-order valence-electron chi connectivity index (χ3n) is 5.17. The van der Waals surface area contributed by atoms with E-state index >= 15 is 0 Å². The quantitative estimate of drug-likeness (QED) is 0.752. The summed E-state index contributed by atoms with van der Waals surface area (Å²) >= 11 is 6.11. The predicted octanol–water partition coefficient (Wildman–Crippen LogP) is 3.18. The van der Waals surface area contributed by atoms with Gasteiger partial charge >= 0.3 is 5.97 Å². The van der Waals surface area contributed by atoms with Crippen molar-refractivity contribution in [2.75, 3.05) is 19.7 Å². The molecule has 0 aliphatic carbocycles. The van der Waals surface area contributed by atoms with Gasteiger partial charge in [0.25, 0.3) is 5.91 Å². The van der Waals surface area contributed by atoms with Crippen molar-refractivity contribution in [3.8, 4) is 5.69 Å². The molecule has 0 bridgehead atoms. The average molecular weight is 420 g/mol. The van der Waals surface area contributed by atoms with Crippen molar-refractivity contribution in [3.63, 3.8) is 0 Å². The monoisotopic (exact) mass is 419 g/mol.